The molecule has 0 N–H and O–H groups in total. The fraction of sp³-hybridized carbons (Fsp3) is 0. The lowest BCUT2D eigenvalue weighted by Gasteiger charge is -2.11. The van der Waals surface area contributed by atoms with Crippen LogP contribution in [0, 0.1) is 22.7 Å². The average Bonchev–Trinajstić information content (AvgIpc) is 3.22. The van der Waals surface area contributed by atoms with Crippen molar-refractivity contribution in [2.75, 3.05) is 0 Å². The van der Waals surface area contributed by atoms with Gasteiger partial charge in [0.15, 0.2) is 5.58 Å². The fourth-order valence-corrected chi connectivity index (χ4v) is 3.61. The van der Waals surface area contributed by atoms with E-state index in [0.717, 1.165) is 33.0 Å². The molecule has 0 saturated carbocycles. The standard InChI is InChI=1S/C22H11N3O/c23-12-14-6-5-7-15(13-24)20(14)25-18-10-3-1-8-16(18)22-21(25)17-9-2-4-11-19(17)26-22/h1-11H. The Morgan fingerprint density at radius 1 is 0.731 bits per heavy atom. The summed E-state index contributed by atoms with van der Waals surface area (Å²) in [6.45, 7) is 0. The minimum absolute atomic E-state index is 0.456. The van der Waals surface area contributed by atoms with Gasteiger partial charge in [0.25, 0.3) is 0 Å². The molecule has 120 valence electrons. The van der Waals surface area contributed by atoms with E-state index < -0.39 is 0 Å². The number of fused-ring (bicyclic) bond motifs is 5. The topological polar surface area (TPSA) is 65.7 Å². The van der Waals surface area contributed by atoms with Crippen molar-refractivity contribution in [3.63, 3.8) is 0 Å². The molecule has 0 aliphatic heterocycles. The molecule has 2 heterocycles. The Kier molecular flexibility index (Phi) is 2.89. The summed E-state index contributed by atoms with van der Waals surface area (Å²) in [5, 5.41) is 21.2. The smallest absolute Gasteiger partial charge is 0.161 e. The van der Waals surface area contributed by atoms with E-state index in [1.54, 1.807) is 18.2 Å². The lowest BCUT2D eigenvalue weighted by molar-refractivity contribution is 0.673. The maximum absolute atomic E-state index is 9.65. The number of hydrogen-bond donors (Lipinski definition) is 0. The molecule has 0 bridgehead atoms. The van der Waals surface area contributed by atoms with E-state index >= 15 is 0 Å². The summed E-state index contributed by atoms with van der Waals surface area (Å²) in [7, 11) is 0. The maximum Gasteiger partial charge on any atom is 0.161 e. The van der Waals surface area contributed by atoms with E-state index in [0.29, 0.717) is 16.8 Å². The Morgan fingerprint density at radius 3 is 2.12 bits per heavy atom. The van der Waals surface area contributed by atoms with Crippen LogP contribution in [0.25, 0.3) is 38.7 Å². The first-order chi connectivity index (χ1) is 12.8. The van der Waals surface area contributed by atoms with Crippen LogP contribution in [-0.4, -0.2) is 4.57 Å². The monoisotopic (exact) mass is 333 g/mol. The van der Waals surface area contributed by atoms with Crippen LogP contribution in [0.3, 0.4) is 0 Å². The maximum atomic E-state index is 9.65. The van der Waals surface area contributed by atoms with Gasteiger partial charge >= 0.3 is 0 Å². The molecule has 0 saturated heterocycles. The van der Waals surface area contributed by atoms with Gasteiger partial charge in [0, 0.05) is 10.8 Å². The second-order valence-electron chi connectivity index (χ2n) is 6.05. The van der Waals surface area contributed by atoms with Crippen molar-refractivity contribution in [2.24, 2.45) is 0 Å². The minimum atomic E-state index is 0.456. The van der Waals surface area contributed by atoms with Gasteiger partial charge in [-0.25, -0.2) is 0 Å². The molecule has 2 aromatic heterocycles. The Bertz CT molecular complexity index is 1370. The first-order valence-electron chi connectivity index (χ1n) is 8.17. The first-order valence-corrected chi connectivity index (χ1v) is 8.17. The highest BCUT2D eigenvalue weighted by atomic mass is 16.3. The molecule has 5 rings (SSSR count). The summed E-state index contributed by atoms with van der Waals surface area (Å²) in [6, 6.07) is 25.4. The van der Waals surface area contributed by atoms with Crippen molar-refractivity contribution in [3.8, 4) is 17.8 Å². The van der Waals surface area contributed by atoms with Crippen LogP contribution < -0.4 is 0 Å². The summed E-state index contributed by atoms with van der Waals surface area (Å²) in [6.07, 6.45) is 0. The molecular weight excluding hydrogens is 322 g/mol. The first kappa shape index (κ1) is 14.3. The average molecular weight is 333 g/mol. The van der Waals surface area contributed by atoms with Gasteiger partial charge in [-0.05, 0) is 36.4 Å². The highest BCUT2D eigenvalue weighted by Crippen LogP contribution is 2.39. The largest absolute Gasteiger partial charge is 0.454 e. The molecule has 0 atom stereocenters. The van der Waals surface area contributed by atoms with E-state index in [1.807, 2.05) is 53.1 Å². The van der Waals surface area contributed by atoms with Crippen LogP contribution in [-0.2, 0) is 0 Å². The number of nitriles is 2. The molecule has 0 radical (unpaired) electrons. The molecule has 4 heteroatoms. The molecule has 5 aromatic rings. The quantitative estimate of drug-likeness (QED) is 0.419. The second kappa shape index (κ2) is 5.24. The van der Waals surface area contributed by atoms with Crippen molar-refractivity contribution in [1.29, 1.82) is 10.5 Å². The van der Waals surface area contributed by atoms with E-state index in [4.69, 9.17) is 4.42 Å². The van der Waals surface area contributed by atoms with Crippen molar-refractivity contribution in [2.45, 2.75) is 0 Å². The molecular formula is C22H11N3O. The molecule has 0 aliphatic carbocycles. The SMILES string of the molecule is N#Cc1cccc(C#N)c1-n1c2ccccc2c2oc3ccccc3c21. The number of nitrogens with zero attached hydrogens (tertiary/aromatic N) is 3. The van der Waals surface area contributed by atoms with Crippen LogP contribution in [0.5, 0.6) is 0 Å². The summed E-state index contributed by atoms with van der Waals surface area (Å²) < 4.78 is 8.11. The van der Waals surface area contributed by atoms with Gasteiger partial charge in [0.1, 0.15) is 23.2 Å². The Hall–Kier alpha value is -4.02. The summed E-state index contributed by atoms with van der Waals surface area (Å²) in [5.74, 6) is 0. The molecule has 0 fully saturated rings. The third-order valence-electron chi connectivity index (χ3n) is 4.68. The van der Waals surface area contributed by atoms with Gasteiger partial charge in [-0.1, -0.05) is 30.3 Å². The van der Waals surface area contributed by atoms with E-state index in [-0.39, 0.29) is 0 Å². The van der Waals surface area contributed by atoms with E-state index in [9.17, 15) is 10.5 Å². The molecule has 0 amide bonds. The predicted octanol–water partition coefficient (Wildman–Crippen LogP) is 5.27. The number of rotatable bonds is 1. The lowest BCUT2D eigenvalue weighted by atomic mass is 10.1. The lowest BCUT2D eigenvalue weighted by Crippen LogP contribution is -2.00. The van der Waals surface area contributed by atoms with E-state index in [2.05, 4.69) is 12.1 Å². The predicted molar refractivity (Wildman–Crippen MR) is 100.0 cm³/mol. The van der Waals surface area contributed by atoms with Crippen LogP contribution in [0.1, 0.15) is 11.1 Å². The summed E-state index contributed by atoms with van der Waals surface area (Å²) in [4.78, 5) is 0. The van der Waals surface area contributed by atoms with Crippen molar-refractivity contribution in [1.82, 2.24) is 4.57 Å². The second-order valence-corrected chi connectivity index (χ2v) is 6.05. The number of para-hydroxylation sites is 3. The third-order valence-corrected chi connectivity index (χ3v) is 4.68. The van der Waals surface area contributed by atoms with Gasteiger partial charge in [-0.3, -0.25) is 0 Å². The van der Waals surface area contributed by atoms with E-state index in [1.165, 1.54) is 0 Å². The minimum Gasteiger partial charge on any atom is -0.454 e. The van der Waals surface area contributed by atoms with Crippen LogP contribution >= 0.6 is 0 Å². The molecule has 0 aliphatic rings. The highest BCUT2D eigenvalue weighted by Gasteiger charge is 2.22. The Labute approximate surface area is 148 Å². The zero-order valence-corrected chi connectivity index (χ0v) is 13.6. The Balaban J connectivity index is 2.10. The molecule has 0 unspecified atom stereocenters. The number of furan rings is 1. The number of hydrogen-bond acceptors (Lipinski definition) is 3. The summed E-state index contributed by atoms with van der Waals surface area (Å²) in [5.41, 5.74) is 4.83. The molecule has 3 aromatic carbocycles. The van der Waals surface area contributed by atoms with Gasteiger partial charge in [-0.2, -0.15) is 10.5 Å². The summed E-state index contributed by atoms with van der Waals surface area (Å²) >= 11 is 0. The third kappa shape index (κ3) is 1.76. The zero-order chi connectivity index (χ0) is 17.7. The van der Waals surface area contributed by atoms with Crippen molar-refractivity contribution in [3.05, 3.63) is 77.9 Å². The number of aromatic nitrogens is 1. The van der Waals surface area contributed by atoms with Crippen LogP contribution in [0.2, 0.25) is 0 Å². The van der Waals surface area contributed by atoms with Crippen LogP contribution in [0.4, 0.5) is 0 Å². The molecule has 0 spiro atoms. The van der Waals surface area contributed by atoms with Gasteiger partial charge in [0.2, 0.25) is 0 Å². The van der Waals surface area contributed by atoms with Gasteiger partial charge in [-0.15, -0.1) is 0 Å². The normalized spacial score (nSPS) is 11.0. The Morgan fingerprint density at radius 2 is 1.38 bits per heavy atom. The molecule has 26 heavy (non-hydrogen) atoms. The van der Waals surface area contributed by atoms with Crippen molar-refractivity contribution < 1.29 is 4.42 Å². The molecule has 4 nitrogen and oxygen atoms in total. The van der Waals surface area contributed by atoms with Gasteiger partial charge in [0.05, 0.1) is 22.3 Å². The van der Waals surface area contributed by atoms with Gasteiger partial charge < -0.3 is 8.98 Å². The highest BCUT2D eigenvalue weighted by molar-refractivity contribution is 6.16. The van der Waals surface area contributed by atoms with Crippen LogP contribution in [0.15, 0.2) is 71.1 Å². The fourth-order valence-electron chi connectivity index (χ4n) is 3.61. The zero-order valence-electron chi connectivity index (χ0n) is 13.6. The number of benzene rings is 3. The van der Waals surface area contributed by atoms with Crippen molar-refractivity contribution >= 4 is 33.0 Å².